The Kier molecular flexibility index (Phi) is 4.41. The van der Waals surface area contributed by atoms with Gasteiger partial charge >= 0.3 is 5.97 Å². The Hall–Kier alpha value is -1.45. The van der Waals surface area contributed by atoms with Crippen LogP contribution in [0.25, 0.3) is 0 Å². The van der Waals surface area contributed by atoms with Crippen LogP contribution < -0.4 is 0 Å². The van der Waals surface area contributed by atoms with Gasteiger partial charge < -0.3 is 9.84 Å². The number of carboxylic acids is 1. The van der Waals surface area contributed by atoms with Crippen LogP contribution in [0.4, 0.5) is 0 Å². The molecule has 0 atom stereocenters. The van der Waals surface area contributed by atoms with Gasteiger partial charge in [-0.05, 0) is 18.8 Å². The SMILES string of the molecule is COCC1CCN(S(=O)(=O)c2[nH]ncc2C(=O)O)CC1. The average molecular weight is 303 g/mol. The molecule has 1 aromatic rings. The number of hydrogen-bond acceptors (Lipinski definition) is 5. The molecule has 0 bridgehead atoms. The summed E-state index contributed by atoms with van der Waals surface area (Å²) in [5, 5.41) is 14.4. The van der Waals surface area contributed by atoms with E-state index in [-0.39, 0.29) is 10.6 Å². The zero-order valence-corrected chi connectivity index (χ0v) is 11.9. The van der Waals surface area contributed by atoms with Crippen LogP contribution in [-0.2, 0) is 14.8 Å². The van der Waals surface area contributed by atoms with Crippen molar-refractivity contribution in [2.45, 2.75) is 17.9 Å². The minimum absolute atomic E-state index is 0.330. The van der Waals surface area contributed by atoms with E-state index >= 15 is 0 Å². The van der Waals surface area contributed by atoms with Gasteiger partial charge in [-0.3, -0.25) is 5.10 Å². The van der Waals surface area contributed by atoms with Gasteiger partial charge in [-0.25, -0.2) is 13.2 Å². The second-order valence-corrected chi connectivity index (χ2v) is 6.60. The first-order valence-electron chi connectivity index (χ1n) is 6.22. The Morgan fingerprint density at radius 3 is 2.75 bits per heavy atom. The lowest BCUT2D eigenvalue weighted by molar-refractivity contribution is 0.0692. The Labute approximate surface area is 116 Å². The minimum atomic E-state index is -3.84. The first-order valence-corrected chi connectivity index (χ1v) is 7.66. The Morgan fingerprint density at radius 1 is 1.55 bits per heavy atom. The van der Waals surface area contributed by atoms with Gasteiger partial charge in [0.2, 0.25) is 0 Å². The molecule has 8 nitrogen and oxygen atoms in total. The van der Waals surface area contributed by atoms with Crippen molar-refractivity contribution in [3.05, 3.63) is 11.8 Å². The summed E-state index contributed by atoms with van der Waals surface area (Å²) in [6.45, 7) is 1.32. The predicted octanol–water partition coefficient (Wildman–Crippen LogP) is 0.155. The van der Waals surface area contributed by atoms with Crippen LogP contribution in [0.5, 0.6) is 0 Å². The van der Waals surface area contributed by atoms with Crippen molar-refractivity contribution in [3.8, 4) is 0 Å². The molecule has 2 heterocycles. The number of rotatable bonds is 5. The summed E-state index contributed by atoms with van der Waals surface area (Å²) in [7, 11) is -2.22. The van der Waals surface area contributed by atoms with Crippen molar-refractivity contribution in [3.63, 3.8) is 0 Å². The topological polar surface area (TPSA) is 113 Å². The van der Waals surface area contributed by atoms with Crippen LogP contribution in [0.15, 0.2) is 11.2 Å². The van der Waals surface area contributed by atoms with E-state index in [4.69, 9.17) is 9.84 Å². The molecule has 1 aliphatic rings. The molecule has 0 aliphatic carbocycles. The number of piperidine rings is 1. The predicted molar refractivity (Wildman–Crippen MR) is 68.9 cm³/mol. The lowest BCUT2D eigenvalue weighted by Gasteiger charge is -2.30. The molecule has 2 N–H and O–H groups in total. The van der Waals surface area contributed by atoms with Crippen molar-refractivity contribution in [2.24, 2.45) is 5.92 Å². The number of hydrogen-bond donors (Lipinski definition) is 2. The molecule has 9 heteroatoms. The van der Waals surface area contributed by atoms with Gasteiger partial charge in [0.25, 0.3) is 10.0 Å². The molecular formula is C11H17N3O5S. The van der Waals surface area contributed by atoms with Crippen molar-refractivity contribution in [2.75, 3.05) is 26.8 Å². The number of aromatic nitrogens is 2. The number of sulfonamides is 1. The van der Waals surface area contributed by atoms with Crippen molar-refractivity contribution in [1.29, 1.82) is 0 Å². The third-order valence-corrected chi connectivity index (χ3v) is 5.28. The molecule has 0 amide bonds. The van der Waals surface area contributed by atoms with Gasteiger partial charge in [0.15, 0.2) is 5.03 Å². The van der Waals surface area contributed by atoms with Crippen LogP contribution in [0.1, 0.15) is 23.2 Å². The van der Waals surface area contributed by atoms with Crippen LogP contribution in [0, 0.1) is 5.92 Å². The van der Waals surface area contributed by atoms with Gasteiger partial charge in [0, 0.05) is 26.8 Å². The summed E-state index contributed by atoms with van der Waals surface area (Å²) >= 11 is 0. The summed E-state index contributed by atoms with van der Waals surface area (Å²) < 4.78 is 31.2. The summed E-state index contributed by atoms with van der Waals surface area (Å²) in [5.41, 5.74) is -0.330. The number of H-pyrrole nitrogens is 1. The van der Waals surface area contributed by atoms with E-state index < -0.39 is 16.0 Å². The number of nitrogens with zero attached hydrogens (tertiary/aromatic N) is 2. The third-order valence-electron chi connectivity index (χ3n) is 3.41. The normalized spacial score (nSPS) is 18.2. The van der Waals surface area contributed by atoms with Gasteiger partial charge in [-0.15, -0.1) is 0 Å². The van der Waals surface area contributed by atoms with E-state index in [1.165, 1.54) is 4.31 Å². The smallest absolute Gasteiger partial charge is 0.340 e. The Bertz CT molecular complexity index is 575. The van der Waals surface area contributed by atoms with E-state index in [0.29, 0.717) is 38.5 Å². The lowest BCUT2D eigenvalue weighted by atomic mass is 9.99. The first kappa shape index (κ1) is 14.9. The van der Waals surface area contributed by atoms with E-state index in [2.05, 4.69) is 10.2 Å². The first-order chi connectivity index (χ1) is 9.46. The number of aromatic amines is 1. The molecule has 1 aromatic heterocycles. The highest BCUT2D eigenvalue weighted by Crippen LogP contribution is 2.24. The van der Waals surface area contributed by atoms with Crippen LogP contribution in [-0.4, -0.2) is 60.8 Å². The molecule has 0 saturated carbocycles. The van der Waals surface area contributed by atoms with Gasteiger partial charge in [0.1, 0.15) is 5.56 Å². The van der Waals surface area contributed by atoms with E-state index in [0.717, 1.165) is 6.20 Å². The van der Waals surface area contributed by atoms with E-state index in [1.54, 1.807) is 7.11 Å². The maximum Gasteiger partial charge on any atom is 0.340 e. The standard InChI is InChI=1S/C11H17N3O5S/c1-19-7-8-2-4-14(5-3-8)20(17,18)10-9(11(15)16)6-12-13-10/h6,8H,2-5,7H2,1H3,(H,12,13)(H,15,16). The molecular weight excluding hydrogens is 286 g/mol. The van der Waals surface area contributed by atoms with Crippen LogP contribution in [0.2, 0.25) is 0 Å². The Morgan fingerprint density at radius 2 is 2.20 bits per heavy atom. The molecule has 0 spiro atoms. The number of ether oxygens (including phenoxy) is 1. The number of methoxy groups -OCH3 is 1. The van der Waals surface area contributed by atoms with Crippen LogP contribution in [0.3, 0.4) is 0 Å². The van der Waals surface area contributed by atoms with Crippen molar-refractivity contribution < 1.29 is 23.1 Å². The van der Waals surface area contributed by atoms with Gasteiger partial charge in [-0.1, -0.05) is 0 Å². The number of nitrogens with one attached hydrogen (secondary N) is 1. The molecule has 20 heavy (non-hydrogen) atoms. The lowest BCUT2D eigenvalue weighted by Crippen LogP contribution is -2.39. The molecule has 0 unspecified atom stereocenters. The minimum Gasteiger partial charge on any atom is -0.478 e. The second-order valence-electron chi connectivity index (χ2n) is 4.72. The number of aromatic carboxylic acids is 1. The van der Waals surface area contributed by atoms with Crippen molar-refractivity contribution >= 4 is 16.0 Å². The molecule has 0 aromatic carbocycles. The maximum absolute atomic E-state index is 12.4. The molecule has 0 radical (unpaired) electrons. The fraction of sp³-hybridized carbons (Fsp3) is 0.636. The monoisotopic (exact) mass is 303 g/mol. The van der Waals surface area contributed by atoms with E-state index in [9.17, 15) is 13.2 Å². The molecule has 1 fully saturated rings. The second kappa shape index (κ2) is 5.90. The fourth-order valence-electron chi connectivity index (χ4n) is 2.30. The van der Waals surface area contributed by atoms with Crippen LogP contribution >= 0.6 is 0 Å². The highest BCUT2D eigenvalue weighted by atomic mass is 32.2. The summed E-state index contributed by atoms with van der Waals surface area (Å²) in [4.78, 5) is 11.0. The molecule has 1 saturated heterocycles. The number of carboxylic acid groups (broad SMARTS) is 1. The zero-order valence-electron chi connectivity index (χ0n) is 11.1. The largest absolute Gasteiger partial charge is 0.478 e. The fourth-order valence-corrected chi connectivity index (χ4v) is 3.84. The van der Waals surface area contributed by atoms with E-state index in [1.807, 2.05) is 0 Å². The summed E-state index contributed by atoms with van der Waals surface area (Å²) in [6, 6.07) is 0. The molecule has 2 rings (SSSR count). The summed E-state index contributed by atoms with van der Waals surface area (Å²) in [5.74, 6) is -0.973. The molecule has 1 aliphatic heterocycles. The number of carbonyl (C=O) groups is 1. The maximum atomic E-state index is 12.4. The summed E-state index contributed by atoms with van der Waals surface area (Å²) in [6.07, 6.45) is 2.40. The van der Waals surface area contributed by atoms with Crippen molar-refractivity contribution in [1.82, 2.24) is 14.5 Å². The zero-order chi connectivity index (χ0) is 14.8. The van der Waals surface area contributed by atoms with Gasteiger partial charge in [-0.2, -0.15) is 9.40 Å². The average Bonchev–Trinajstić information content (AvgIpc) is 2.90. The van der Waals surface area contributed by atoms with Gasteiger partial charge in [0.05, 0.1) is 6.20 Å². The Balaban J connectivity index is 2.16. The highest BCUT2D eigenvalue weighted by Gasteiger charge is 2.33. The molecule has 112 valence electrons. The highest BCUT2D eigenvalue weighted by molar-refractivity contribution is 7.89. The third kappa shape index (κ3) is 2.84. The quantitative estimate of drug-likeness (QED) is 0.801.